The van der Waals surface area contributed by atoms with Crippen molar-refractivity contribution in [2.45, 2.75) is 6.54 Å². The van der Waals surface area contributed by atoms with Crippen LogP contribution in [0.2, 0.25) is 5.02 Å². The van der Waals surface area contributed by atoms with Gasteiger partial charge in [-0.25, -0.2) is 14.1 Å². The van der Waals surface area contributed by atoms with Gasteiger partial charge >= 0.3 is 0 Å². The number of hydrogen-bond acceptors (Lipinski definition) is 4. The van der Waals surface area contributed by atoms with Crippen LogP contribution in [-0.4, -0.2) is 30.9 Å². The molecule has 10 heteroatoms. The van der Waals surface area contributed by atoms with Crippen molar-refractivity contribution >= 4 is 46.0 Å². The van der Waals surface area contributed by atoms with E-state index in [4.69, 9.17) is 11.6 Å². The molecular weight excluding hydrogens is 438 g/mol. The van der Waals surface area contributed by atoms with Crippen LogP contribution in [0.5, 0.6) is 0 Å². The van der Waals surface area contributed by atoms with Crippen LogP contribution in [0.4, 0.5) is 10.3 Å². The Morgan fingerprint density at radius 1 is 1.48 bits per heavy atom. The first-order valence-corrected chi connectivity index (χ1v) is 7.82. The lowest BCUT2D eigenvalue weighted by atomic mass is 10.2. The molecule has 1 amide bonds. The number of halogens is 3. The van der Waals surface area contributed by atoms with Gasteiger partial charge in [-0.2, -0.15) is 5.10 Å². The summed E-state index contributed by atoms with van der Waals surface area (Å²) in [6.45, 7) is 0.309. The highest BCUT2D eigenvalue weighted by molar-refractivity contribution is 14.1. The number of nitrogens with one attached hydrogen (secondary N) is 2. The van der Waals surface area contributed by atoms with Gasteiger partial charge in [-0.1, -0.05) is 17.7 Å². The van der Waals surface area contributed by atoms with E-state index < -0.39 is 5.82 Å². The van der Waals surface area contributed by atoms with Crippen LogP contribution in [0.15, 0.2) is 30.7 Å². The number of anilines is 1. The first kappa shape index (κ1) is 15.9. The van der Waals surface area contributed by atoms with Crippen molar-refractivity contribution in [2.75, 3.05) is 5.32 Å². The molecule has 0 saturated heterocycles. The van der Waals surface area contributed by atoms with Gasteiger partial charge in [0.1, 0.15) is 17.8 Å². The van der Waals surface area contributed by atoms with E-state index in [-0.39, 0.29) is 11.9 Å². The van der Waals surface area contributed by atoms with Crippen molar-refractivity contribution in [2.24, 2.45) is 0 Å². The molecule has 2 heterocycles. The molecule has 0 atom stereocenters. The molecule has 0 spiro atoms. The van der Waals surface area contributed by atoms with Crippen LogP contribution < -0.4 is 5.32 Å². The number of aromatic nitrogens is 5. The molecule has 0 aliphatic rings. The molecule has 3 aromatic rings. The molecular formula is C13H9ClFIN6O. The lowest BCUT2D eigenvalue weighted by Gasteiger charge is -2.04. The first-order valence-electron chi connectivity index (χ1n) is 6.36. The minimum atomic E-state index is -0.403. The van der Waals surface area contributed by atoms with Gasteiger partial charge in [0.2, 0.25) is 5.95 Å². The largest absolute Gasteiger partial charge is 0.288 e. The van der Waals surface area contributed by atoms with E-state index >= 15 is 0 Å². The van der Waals surface area contributed by atoms with Crippen molar-refractivity contribution < 1.29 is 9.18 Å². The van der Waals surface area contributed by atoms with Crippen LogP contribution in [-0.2, 0) is 6.54 Å². The van der Waals surface area contributed by atoms with E-state index in [0.717, 1.165) is 0 Å². The Bertz CT molecular complexity index is 864. The van der Waals surface area contributed by atoms with E-state index in [1.807, 2.05) is 22.6 Å². The highest BCUT2D eigenvalue weighted by atomic mass is 127. The summed E-state index contributed by atoms with van der Waals surface area (Å²) in [6.07, 6.45) is 2.99. The van der Waals surface area contributed by atoms with Crippen molar-refractivity contribution in [1.82, 2.24) is 25.0 Å². The molecule has 7 nitrogen and oxygen atoms in total. The number of carbonyl (C=O) groups excluding carboxylic acids is 1. The van der Waals surface area contributed by atoms with E-state index in [9.17, 15) is 9.18 Å². The minimum absolute atomic E-state index is 0.152. The number of rotatable bonds is 4. The number of carbonyl (C=O) groups is 1. The third-order valence-electron chi connectivity index (χ3n) is 2.93. The van der Waals surface area contributed by atoms with Crippen LogP contribution in [0.1, 0.15) is 16.1 Å². The second-order valence-corrected chi connectivity index (χ2v) is 6.12. The molecule has 0 unspecified atom stereocenters. The molecule has 2 N–H and O–H groups in total. The Morgan fingerprint density at radius 3 is 3.00 bits per heavy atom. The number of amides is 1. The van der Waals surface area contributed by atoms with E-state index in [1.54, 1.807) is 6.07 Å². The van der Waals surface area contributed by atoms with Crippen molar-refractivity contribution in [3.63, 3.8) is 0 Å². The smallest absolute Gasteiger partial charge is 0.277 e. The van der Waals surface area contributed by atoms with Gasteiger partial charge in [0.05, 0.1) is 16.3 Å². The van der Waals surface area contributed by atoms with E-state index in [0.29, 0.717) is 26.4 Å². The Morgan fingerprint density at radius 2 is 2.30 bits per heavy atom. The molecule has 0 radical (unpaired) electrons. The van der Waals surface area contributed by atoms with Crippen molar-refractivity contribution in [3.05, 3.63) is 56.4 Å². The number of H-pyrrole nitrogens is 1. The van der Waals surface area contributed by atoms with Crippen LogP contribution >= 0.6 is 34.2 Å². The SMILES string of the molecule is O=C(Nc1ncn(Cc2ccc(F)cc2Cl)n1)c1[nH]ncc1I. The summed E-state index contributed by atoms with van der Waals surface area (Å²) >= 11 is 7.97. The number of hydrogen-bond donors (Lipinski definition) is 2. The highest BCUT2D eigenvalue weighted by Gasteiger charge is 2.14. The summed E-state index contributed by atoms with van der Waals surface area (Å²) < 4.78 is 15.2. The Balaban J connectivity index is 1.71. The molecule has 0 aliphatic heterocycles. The fraction of sp³-hybridized carbons (Fsp3) is 0.0769. The zero-order valence-electron chi connectivity index (χ0n) is 11.4. The Hall–Kier alpha value is -2.01. The predicted molar refractivity (Wildman–Crippen MR) is 89.8 cm³/mol. The van der Waals surface area contributed by atoms with Gasteiger partial charge in [-0.05, 0) is 40.3 Å². The lowest BCUT2D eigenvalue weighted by Crippen LogP contribution is -2.15. The topological polar surface area (TPSA) is 88.5 Å². The molecule has 0 saturated carbocycles. The summed E-state index contributed by atoms with van der Waals surface area (Å²) in [5.41, 5.74) is 1.03. The van der Waals surface area contributed by atoms with Gasteiger partial charge in [0, 0.05) is 5.02 Å². The quantitative estimate of drug-likeness (QED) is 0.603. The second kappa shape index (κ2) is 6.62. The number of nitrogens with zero attached hydrogens (tertiary/aromatic N) is 4. The zero-order chi connectivity index (χ0) is 16.4. The fourth-order valence-electron chi connectivity index (χ4n) is 1.85. The van der Waals surface area contributed by atoms with Gasteiger partial charge in [-0.15, -0.1) is 5.10 Å². The Labute approximate surface area is 148 Å². The molecule has 0 fully saturated rings. The highest BCUT2D eigenvalue weighted by Crippen LogP contribution is 2.18. The summed E-state index contributed by atoms with van der Waals surface area (Å²) in [5, 5.41) is 13.4. The summed E-state index contributed by atoms with van der Waals surface area (Å²) in [6, 6.07) is 4.13. The molecule has 0 bridgehead atoms. The zero-order valence-corrected chi connectivity index (χ0v) is 14.3. The molecule has 2 aromatic heterocycles. The van der Waals surface area contributed by atoms with E-state index in [2.05, 4.69) is 25.6 Å². The summed E-state index contributed by atoms with van der Waals surface area (Å²) in [4.78, 5) is 16.0. The lowest BCUT2D eigenvalue weighted by molar-refractivity contribution is 0.102. The monoisotopic (exact) mass is 446 g/mol. The Kier molecular flexibility index (Phi) is 4.57. The first-order chi connectivity index (χ1) is 11.0. The van der Waals surface area contributed by atoms with Crippen molar-refractivity contribution in [3.8, 4) is 0 Å². The third kappa shape index (κ3) is 3.67. The van der Waals surface area contributed by atoms with Gasteiger partial charge in [0.15, 0.2) is 0 Å². The molecule has 23 heavy (non-hydrogen) atoms. The van der Waals surface area contributed by atoms with Gasteiger partial charge < -0.3 is 0 Å². The number of aromatic amines is 1. The minimum Gasteiger partial charge on any atom is -0.288 e. The van der Waals surface area contributed by atoms with E-state index in [1.165, 1.54) is 29.3 Å². The molecule has 0 aliphatic carbocycles. The van der Waals surface area contributed by atoms with Crippen LogP contribution in [0.3, 0.4) is 0 Å². The second-order valence-electron chi connectivity index (χ2n) is 4.55. The van der Waals surface area contributed by atoms with Gasteiger partial charge in [-0.3, -0.25) is 15.2 Å². The van der Waals surface area contributed by atoms with Gasteiger partial charge in [0.25, 0.3) is 5.91 Å². The van der Waals surface area contributed by atoms with Crippen LogP contribution in [0, 0.1) is 9.39 Å². The predicted octanol–water partition coefficient (Wildman–Crippen LogP) is 2.70. The standard InChI is InChI=1S/C13H9ClFIN6O/c14-9-3-8(15)2-1-7(9)5-22-6-17-13(21-22)19-12(23)11-10(16)4-18-20-11/h1-4,6H,5H2,(H,18,20)(H,19,21,23). The summed E-state index contributed by atoms with van der Waals surface area (Å²) in [5.74, 6) is -0.637. The molecule has 3 rings (SSSR count). The average Bonchev–Trinajstić information content (AvgIpc) is 3.11. The maximum Gasteiger partial charge on any atom is 0.277 e. The van der Waals surface area contributed by atoms with Crippen LogP contribution in [0.25, 0.3) is 0 Å². The molecule has 118 valence electrons. The number of benzene rings is 1. The molecule has 1 aromatic carbocycles. The maximum absolute atomic E-state index is 13.0. The average molecular weight is 447 g/mol. The maximum atomic E-state index is 13.0. The normalized spacial score (nSPS) is 10.7. The fourth-order valence-corrected chi connectivity index (χ4v) is 2.58. The third-order valence-corrected chi connectivity index (χ3v) is 4.10. The summed E-state index contributed by atoms with van der Waals surface area (Å²) in [7, 11) is 0. The van der Waals surface area contributed by atoms with Crippen molar-refractivity contribution in [1.29, 1.82) is 0 Å².